The fourth-order valence-corrected chi connectivity index (χ4v) is 3.22. The van der Waals surface area contributed by atoms with E-state index in [0.29, 0.717) is 74.3 Å². The number of carbonyl (C=O) groups excluding carboxylic acids is 1. The molecule has 1 aromatic heterocycles. The van der Waals surface area contributed by atoms with Gasteiger partial charge in [0.05, 0.1) is 39.6 Å². The topological polar surface area (TPSA) is 93.4 Å². The molecular weight excluding hydrogens is 416 g/mol. The highest BCUT2D eigenvalue weighted by atomic mass is 16.6. The molecule has 0 fully saturated rings. The first-order valence-electron chi connectivity index (χ1n) is 10.4. The van der Waals surface area contributed by atoms with E-state index in [-0.39, 0.29) is 12.2 Å². The maximum Gasteiger partial charge on any atom is 0.347 e. The van der Waals surface area contributed by atoms with Gasteiger partial charge < -0.3 is 28.1 Å². The number of fused-ring (bicyclic) bond motifs is 2. The lowest BCUT2D eigenvalue weighted by Crippen LogP contribution is -2.15. The van der Waals surface area contributed by atoms with E-state index in [1.165, 1.54) is 6.07 Å². The van der Waals surface area contributed by atoms with Gasteiger partial charge in [0.25, 0.3) is 0 Å². The van der Waals surface area contributed by atoms with Crippen LogP contribution < -0.4 is 15.1 Å². The average molecular weight is 440 g/mol. The first kappa shape index (κ1) is 22.0. The number of benzene rings is 2. The van der Waals surface area contributed by atoms with E-state index < -0.39 is 11.4 Å². The van der Waals surface area contributed by atoms with Crippen molar-refractivity contribution in [1.29, 1.82) is 0 Å². The van der Waals surface area contributed by atoms with Crippen LogP contribution in [0.5, 0.6) is 11.5 Å². The number of hydrogen-bond acceptors (Lipinski definition) is 8. The highest BCUT2D eigenvalue weighted by Crippen LogP contribution is 2.33. The summed E-state index contributed by atoms with van der Waals surface area (Å²) < 4.78 is 33.5. The number of ether oxygens (including phenoxy) is 5. The van der Waals surface area contributed by atoms with Gasteiger partial charge in [0.15, 0.2) is 17.3 Å². The standard InChI is InChI=1S/C24H24O8/c25-23(17-4-2-1-3-5-17)19-14-18-15-21-22(16-20(18)32-24(19)26)31-13-11-29-9-7-27-6-8-28-10-12-30-21/h1-5,14-16H,6-13H2. The van der Waals surface area contributed by atoms with Crippen LogP contribution in [-0.2, 0) is 14.2 Å². The Balaban J connectivity index is 1.63. The molecule has 0 aliphatic carbocycles. The molecule has 0 saturated heterocycles. The minimum absolute atomic E-state index is 0.0431. The van der Waals surface area contributed by atoms with E-state index in [2.05, 4.69) is 0 Å². The van der Waals surface area contributed by atoms with Crippen LogP contribution in [0, 0.1) is 0 Å². The quantitative estimate of drug-likeness (QED) is 0.444. The fourth-order valence-electron chi connectivity index (χ4n) is 3.22. The summed E-state index contributed by atoms with van der Waals surface area (Å²) in [6.07, 6.45) is 0. The number of hydrogen-bond donors (Lipinski definition) is 0. The molecule has 8 heteroatoms. The lowest BCUT2D eigenvalue weighted by molar-refractivity contribution is 0.00708. The van der Waals surface area contributed by atoms with Crippen LogP contribution in [0.2, 0.25) is 0 Å². The first-order valence-corrected chi connectivity index (χ1v) is 10.4. The van der Waals surface area contributed by atoms with Crippen LogP contribution in [0.25, 0.3) is 11.0 Å². The van der Waals surface area contributed by atoms with Gasteiger partial charge in [-0.1, -0.05) is 30.3 Å². The molecule has 32 heavy (non-hydrogen) atoms. The van der Waals surface area contributed by atoms with Crippen LogP contribution in [0.1, 0.15) is 15.9 Å². The molecule has 168 valence electrons. The molecule has 0 bridgehead atoms. The van der Waals surface area contributed by atoms with Crippen LogP contribution in [0.3, 0.4) is 0 Å². The van der Waals surface area contributed by atoms with Gasteiger partial charge in [-0.05, 0) is 12.1 Å². The summed E-state index contributed by atoms with van der Waals surface area (Å²) in [5.74, 6) is 0.471. The average Bonchev–Trinajstić information content (AvgIpc) is 2.82. The molecule has 0 amide bonds. The Morgan fingerprint density at radius 2 is 1.25 bits per heavy atom. The zero-order chi connectivity index (χ0) is 22.2. The molecule has 1 aliphatic heterocycles. The number of carbonyl (C=O) groups is 1. The van der Waals surface area contributed by atoms with Gasteiger partial charge in [-0.3, -0.25) is 4.79 Å². The molecule has 1 aliphatic rings. The van der Waals surface area contributed by atoms with Gasteiger partial charge in [-0.15, -0.1) is 0 Å². The third-order valence-electron chi connectivity index (χ3n) is 4.79. The molecule has 2 aromatic carbocycles. The molecule has 0 spiro atoms. The maximum atomic E-state index is 12.8. The Labute approximate surface area is 184 Å². The van der Waals surface area contributed by atoms with Crippen molar-refractivity contribution in [1.82, 2.24) is 0 Å². The van der Waals surface area contributed by atoms with Gasteiger partial charge in [-0.2, -0.15) is 0 Å². The Hall–Kier alpha value is -3.20. The largest absolute Gasteiger partial charge is 0.487 e. The highest BCUT2D eigenvalue weighted by molar-refractivity contribution is 6.09. The smallest absolute Gasteiger partial charge is 0.347 e. The second-order valence-corrected chi connectivity index (χ2v) is 7.01. The summed E-state index contributed by atoms with van der Waals surface area (Å²) in [6, 6.07) is 13.4. The van der Waals surface area contributed by atoms with Gasteiger partial charge >= 0.3 is 5.63 Å². The van der Waals surface area contributed by atoms with E-state index in [9.17, 15) is 9.59 Å². The van der Waals surface area contributed by atoms with Gasteiger partial charge in [0.2, 0.25) is 0 Å². The van der Waals surface area contributed by atoms with Gasteiger partial charge in [0.1, 0.15) is 24.4 Å². The molecule has 4 rings (SSSR count). The minimum Gasteiger partial charge on any atom is -0.487 e. The zero-order valence-corrected chi connectivity index (χ0v) is 17.5. The van der Waals surface area contributed by atoms with Crippen molar-refractivity contribution >= 4 is 16.8 Å². The summed E-state index contributed by atoms with van der Waals surface area (Å²) in [4.78, 5) is 25.3. The van der Waals surface area contributed by atoms with Crippen molar-refractivity contribution in [2.24, 2.45) is 0 Å². The monoisotopic (exact) mass is 440 g/mol. The summed E-state index contributed by atoms with van der Waals surface area (Å²) in [7, 11) is 0. The highest BCUT2D eigenvalue weighted by Gasteiger charge is 2.18. The molecule has 0 saturated carbocycles. The van der Waals surface area contributed by atoms with Crippen molar-refractivity contribution in [2.45, 2.75) is 0 Å². The Morgan fingerprint density at radius 3 is 1.88 bits per heavy atom. The van der Waals surface area contributed by atoms with Crippen molar-refractivity contribution in [3.05, 3.63) is 70.1 Å². The predicted octanol–water partition coefficient (Wildman–Crippen LogP) is 2.85. The van der Waals surface area contributed by atoms with Crippen molar-refractivity contribution in [3.63, 3.8) is 0 Å². The number of ketones is 1. The summed E-state index contributed by atoms with van der Waals surface area (Å²) in [5, 5.41) is 0.551. The Kier molecular flexibility index (Phi) is 7.50. The van der Waals surface area contributed by atoms with E-state index in [1.807, 2.05) is 0 Å². The van der Waals surface area contributed by atoms with Crippen LogP contribution in [0.15, 0.2) is 57.7 Å². The molecule has 0 radical (unpaired) electrons. The number of rotatable bonds is 2. The molecule has 0 unspecified atom stereocenters. The molecule has 0 atom stereocenters. The van der Waals surface area contributed by atoms with Gasteiger partial charge in [-0.25, -0.2) is 4.79 Å². The molecule has 3 aromatic rings. The zero-order valence-electron chi connectivity index (χ0n) is 17.5. The van der Waals surface area contributed by atoms with Crippen LogP contribution in [-0.4, -0.2) is 58.6 Å². The minimum atomic E-state index is -0.707. The van der Waals surface area contributed by atoms with Crippen molar-refractivity contribution < 1.29 is 32.9 Å². The van der Waals surface area contributed by atoms with E-state index >= 15 is 0 Å². The fraction of sp³-hybridized carbons (Fsp3) is 0.333. The molecule has 0 N–H and O–H groups in total. The summed E-state index contributed by atoms with van der Waals surface area (Å²) >= 11 is 0. The van der Waals surface area contributed by atoms with Gasteiger partial charge in [0, 0.05) is 17.0 Å². The van der Waals surface area contributed by atoms with Crippen LogP contribution >= 0.6 is 0 Å². The molecule has 2 heterocycles. The predicted molar refractivity (Wildman–Crippen MR) is 116 cm³/mol. The third kappa shape index (κ3) is 5.53. The second-order valence-electron chi connectivity index (χ2n) is 7.01. The van der Waals surface area contributed by atoms with E-state index in [0.717, 1.165) is 0 Å². The normalized spacial score (nSPS) is 16.1. The summed E-state index contributed by atoms with van der Waals surface area (Å²) in [5.41, 5.74) is -0.0425. The van der Waals surface area contributed by atoms with Crippen molar-refractivity contribution in [3.8, 4) is 11.5 Å². The lowest BCUT2D eigenvalue weighted by atomic mass is 10.0. The third-order valence-corrected chi connectivity index (χ3v) is 4.79. The lowest BCUT2D eigenvalue weighted by Gasteiger charge is -2.14. The van der Waals surface area contributed by atoms with Crippen molar-refractivity contribution in [2.75, 3.05) is 52.9 Å². The first-order chi connectivity index (χ1) is 15.7. The van der Waals surface area contributed by atoms with E-state index in [4.69, 9.17) is 28.1 Å². The second kappa shape index (κ2) is 10.9. The Bertz CT molecular complexity index is 1110. The SMILES string of the molecule is O=C(c1ccccc1)c1cc2cc3c(cc2oc1=O)OCCOCCOCCOCCO3. The summed E-state index contributed by atoms with van der Waals surface area (Å²) in [6.45, 7) is 3.20. The van der Waals surface area contributed by atoms with Crippen LogP contribution in [0.4, 0.5) is 0 Å². The molecule has 8 nitrogen and oxygen atoms in total. The van der Waals surface area contributed by atoms with E-state index in [1.54, 1.807) is 42.5 Å². The maximum absolute atomic E-state index is 12.8. The Morgan fingerprint density at radius 1 is 0.688 bits per heavy atom. The molecular formula is C24H24O8.